The number of benzene rings is 1. The topological polar surface area (TPSA) is 71.4 Å². The van der Waals surface area contributed by atoms with Gasteiger partial charge < -0.3 is 0 Å². The summed E-state index contributed by atoms with van der Waals surface area (Å²) in [6, 6.07) is 8.57. The Bertz CT molecular complexity index is 430. The summed E-state index contributed by atoms with van der Waals surface area (Å²) >= 11 is 0.878. The van der Waals surface area contributed by atoms with E-state index in [0.717, 1.165) is 11.8 Å². The summed E-state index contributed by atoms with van der Waals surface area (Å²) < 4.78 is 29.2. The first-order chi connectivity index (χ1) is 6.99. The van der Waals surface area contributed by atoms with Gasteiger partial charge in [0.2, 0.25) is 5.12 Å². The van der Waals surface area contributed by atoms with Crippen LogP contribution in [0.25, 0.3) is 0 Å². The van der Waals surface area contributed by atoms with Crippen LogP contribution in [0.1, 0.15) is 10.4 Å². The summed E-state index contributed by atoms with van der Waals surface area (Å²) in [5, 5.41) is -0.195. The summed E-state index contributed by atoms with van der Waals surface area (Å²) in [5.74, 6) is -0.344. The van der Waals surface area contributed by atoms with E-state index in [4.69, 9.17) is 4.55 Å². The monoisotopic (exact) mass is 270 g/mol. The molecule has 1 aromatic rings. The van der Waals surface area contributed by atoms with E-state index in [1.165, 1.54) is 0 Å². The van der Waals surface area contributed by atoms with Crippen LogP contribution in [0, 0.1) is 0 Å². The third-order valence-electron chi connectivity index (χ3n) is 1.58. The molecule has 0 saturated carbocycles. The van der Waals surface area contributed by atoms with Crippen LogP contribution in [0.4, 0.5) is 0 Å². The minimum absolute atomic E-state index is 0. The minimum atomic E-state index is -3.98. The zero-order chi connectivity index (χ0) is 11.3. The van der Waals surface area contributed by atoms with Gasteiger partial charge in [-0.25, -0.2) is 0 Å². The third kappa shape index (κ3) is 6.67. The molecule has 0 aliphatic carbocycles. The number of rotatable bonds is 4. The first-order valence-electron chi connectivity index (χ1n) is 4.16. The Labute approximate surface area is 121 Å². The van der Waals surface area contributed by atoms with Gasteiger partial charge in [0.25, 0.3) is 10.1 Å². The molecule has 4 nitrogen and oxygen atoms in total. The molecule has 16 heavy (non-hydrogen) atoms. The Balaban J connectivity index is 0.00000225. The molecule has 0 heterocycles. The van der Waals surface area contributed by atoms with Gasteiger partial charge in [-0.3, -0.25) is 9.35 Å². The van der Waals surface area contributed by atoms with E-state index in [1.54, 1.807) is 30.3 Å². The fourth-order valence-electron chi connectivity index (χ4n) is 0.897. The second-order valence-electron chi connectivity index (χ2n) is 2.79. The summed E-state index contributed by atoms with van der Waals surface area (Å²) in [5.41, 5.74) is 0.526. The molecule has 0 fully saturated rings. The van der Waals surface area contributed by atoms with Gasteiger partial charge in [0.15, 0.2) is 0 Å². The third-order valence-corrected chi connectivity index (χ3v) is 3.47. The van der Waals surface area contributed by atoms with E-state index in [-0.39, 0.29) is 40.4 Å². The van der Waals surface area contributed by atoms with Crippen LogP contribution in [0.3, 0.4) is 0 Å². The van der Waals surface area contributed by atoms with Gasteiger partial charge in [-0.1, -0.05) is 42.1 Å². The Hall–Kier alpha value is 0.150. The van der Waals surface area contributed by atoms with Crippen molar-refractivity contribution in [3.63, 3.8) is 0 Å². The van der Waals surface area contributed by atoms with Crippen molar-refractivity contribution >= 4 is 56.6 Å². The van der Waals surface area contributed by atoms with Crippen molar-refractivity contribution in [1.29, 1.82) is 0 Å². The van der Waals surface area contributed by atoms with Crippen LogP contribution in [0.5, 0.6) is 0 Å². The molecule has 7 heteroatoms. The van der Waals surface area contributed by atoms with Gasteiger partial charge in [0, 0.05) is 11.3 Å². The molecule has 0 radical (unpaired) electrons. The zero-order valence-corrected chi connectivity index (χ0v) is 9.42. The van der Waals surface area contributed by atoms with Crippen molar-refractivity contribution in [2.75, 3.05) is 11.5 Å². The molecule has 0 spiro atoms. The predicted molar refractivity (Wildman–Crippen MR) is 66.8 cm³/mol. The van der Waals surface area contributed by atoms with Crippen molar-refractivity contribution < 1.29 is 17.8 Å². The average molecular weight is 270 g/mol. The fraction of sp³-hybridized carbons (Fsp3) is 0.222. The molecule has 1 rings (SSSR count). The molecule has 0 atom stereocenters. The number of carbonyl (C=O) groups is 1. The van der Waals surface area contributed by atoms with Crippen molar-refractivity contribution in [2.45, 2.75) is 0 Å². The van der Waals surface area contributed by atoms with Crippen molar-refractivity contribution in [3.8, 4) is 0 Å². The van der Waals surface area contributed by atoms with Crippen LogP contribution in [0.15, 0.2) is 30.3 Å². The second kappa shape index (κ2) is 7.47. The van der Waals surface area contributed by atoms with E-state index in [9.17, 15) is 13.2 Å². The van der Waals surface area contributed by atoms with E-state index in [0.29, 0.717) is 5.56 Å². The Morgan fingerprint density at radius 3 is 2.31 bits per heavy atom. The Morgan fingerprint density at radius 1 is 1.25 bits per heavy atom. The van der Waals surface area contributed by atoms with Crippen LogP contribution in [0.2, 0.25) is 0 Å². The standard InChI is InChI=1S/C9H10O4S2.Na.H/c10-9(8-4-2-1-3-5-8)14-6-7-15(11,12)13;;/h1-5H,6-7H2,(H,11,12,13);;. The molecule has 0 aliphatic rings. The molecule has 0 saturated heterocycles. The van der Waals surface area contributed by atoms with Gasteiger partial charge in [0.05, 0.1) is 5.75 Å². The van der Waals surface area contributed by atoms with Crippen LogP contribution >= 0.6 is 11.8 Å². The fourth-order valence-corrected chi connectivity index (χ4v) is 2.56. The van der Waals surface area contributed by atoms with E-state index < -0.39 is 15.9 Å². The summed E-state index contributed by atoms with van der Waals surface area (Å²) in [6.07, 6.45) is 0. The summed E-state index contributed by atoms with van der Waals surface area (Å²) in [7, 11) is -3.98. The molecule has 1 aromatic carbocycles. The Kier molecular flexibility index (Phi) is 7.54. The number of hydrogen-bond donors (Lipinski definition) is 1. The molecule has 1 N–H and O–H groups in total. The van der Waals surface area contributed by atoms with Crippen LogP contribution < -0.4 is 0 Å². The van der Waals surface area contributed by atoms with Crippen LogP contribution in [-0.4, -0.2) is 59.1 Å². The van der Waals surface area contributed by atoms with Crippen molar-refractivity contribution in [2.24, 2.45) is 0 Å². The summed E-state index contributed by atoms with van der Waals surface area (Å²) in [6.45, 7) is 0. The molecule has 84 valence electrons. The first-order valence-corrected chi connectivity index (χ1v) is 6.76. The molecular weight excluding hydrogens is 259 g/mol. The van der Waals surface area contributed by atoms with Gasteiger partial charge >= 0.3 is 29.6 Å². The van der Waals surface area contributed by atoms with Gasteiger partial charge in [-0.15, -0.1) is 0 Å². The normalized spacial score (nSPS) is 10.6. The maximum absolute atomic E-state index is 11.4. The number of hydrogen-bond acceptors (Lipinski definition) is 4. The Morgan fingerprint density at radius 2 is 1.81 bits per heavy atom. The number of carbonyl (C=O) groups excluding carboxylic acids is 1. The predicted octanol–water partition coefficient (Wildman–Crippen LogP) is 0.799. The van der Waals surface area contributed by atoms with E-state index in [1.807, 2.05) is 0 Å². The average Bonchev–Trinajstić information content (AvgIpc) is 2.17. The molecule has 0 unspecified atom stereocenters. The van der Waals surface area contributed by atoms with Crippen LogP contribution in [-0.2, 0) is 10.1 Å². The van der Waals surface area contributed by atoms with Crippen molar-refractivity contribution in [3.05, 3.63) is 35.9 Å². The molecule has 0 aliphatic heterocycles. The molecule has 0 bridgehead atoms. The molecule has 0 aromatic heterocycles. The zero-order valence-electron chi connectivity index (χ0n) is 7.79. The maximum atomic E-state index is 11.4. The molecule has 0 amide bonds. The number of thioether (sulfide) groups is 1. The quantitative estimate of drug-likeness (QED) is 0.647. The summed E-state index contributed by atoms with van der Waals surface area (Å²) in [4.78, 5) is 11.4. The SMILES string of the molecule is O=C(SCCS(=O)(=O)O)c1ccccc1.[NaH]. The van der Waals surface area contributed by atoms with Gasteiger partial charge in [-0.2, -0.15) is 8.42 Å². The van der Waals surface area contributed by atoms with Crippen molar-refractivity contribution in [1.82, 2.24) is 0 Å². The van der Waals surface area contributed by atoms with Gasteiger partial charge in [-0.05, 0) is 0 Å². The molecular formula is C9H11NaO4S2. The van der Waals surface area contributed by atoms with E-state index in [2.05, 4.69) is 0 Å². The van der Waals surface area contributed by atoms with E-state index >= 15 is 0 Å². The van der Waals surface area contributed by atoms with Gasteiger partial charge in [0.1, 0.15) is 0 Å². The first kappa shape index (κ1) is 16.1. The second-order valence-corrected chi connectivity index (χ2v) is 5.43.